The number of aromatic nitrogens is 3. The molecule has 0 saturated carbocycles. The summed E-state index contributed by atoms with van der Waals surface area (Å²) in [5.74, 6) is 3.19. The Bertz CT molecular complexity index is 1180. The van der Waals surface area contributed by atoms with Gasteiger partial charge in [-0.15, -0.1) is 10.2 Å². The lowest BCUT2D eigenvalue weighted by atomic mass is 10.2. The Balaban J connectivity index is 1.62. The largest absolute Gasteiger partial charge is 0.494 e. The first-order valence-electron chi connectivity index (χ1n) is 9.64. The van der Waals surface area contributed by atoms with Crippen molar-refractivity contribution >= 4 is 33.8 Å². The molecule has 1 N–H and O–H groups in total. The lowest BCUT2D eigenvalue weighted by Crippen LogP contribution is -2.07. The fourth-order valence-electron chi connectivity index (χ4n) is 3.18. The van der Waals surface area contributed by atoms with Gasteiger partial charge in [0.2, 0.25) is 11.8 Å². The summed E-state index contributed by atoms with van der Waals surface area (Å²) >= 11 is 4.87. The average molecular weight is 519 g/mol. The molecule has 10 heteroatoms. The molecule has 0 radical (unpaired) electrons. The molecule has 2 aromatic carbocycles. The van der Waals surface area contributed by atoms with Gasteiger partial charge in [-0.25, -0.2) is 4.39 Å². The fourth-order valence-corrected chi connectivity index (χ4v) is 4.41. The molecule has 0 aliphatic rings. The second kappa shape index (κ2) is 10.1. The van der Waals surface area contributed by atoms with Gasteiger partial charge in [0.05, 0.1) is 20.5 Å². The first-order valence-corrected chi connectivity index (χ1v) is 11.4. The maximum Gasteiger partial charge on any atom is 0.239 e. The van der Waals surface area contributed by atoms with Gasteiger partial charge in [-0.1, -0.05) is 28.1 Å². The van der Waals surface area contributed by atoms with Crippen LogP contribution in [0.1, 0.15) is 5.56 Å². The fraction of sp³-hybridized carbons (Fsp3) is 0.182. The van der Waals surface area contributed by atoms with Crippen LogP contribution >= 0.6 is 27.9 Å². The molecule has 4 rings (SSSR count). The van der Waals surface area contributed by atoms with Crippen molar-refractivity contribution in [2.45, 2.75) is 6.42 Å². The normalized spacial score (nSPS) is 10.9. The van der Waals surface area contributed by atoms with Crippen molar-refractivity contribution in [3.05, 3.63) is 70.6 Å². The second-order valence-electron chi connectivity index (χ2n) is 6.61. The minimum Gasteiger partial charge on any atom is -0.494 e. The van der Waals surface area contributed by atoms with Crippen LogP contribution in [0.3, 0.4) is 0 Å². The van der Waals surface area contributed by atoms with Crippen LogP contribution in [0, 0.1) is 5.82 Å². The van der Waals surface area contributed by atoms with Gasteiger partial charge in [0, 0.05) is 10.2 Å². The summed E-state index contributed by atoms with van der Waals surface area (Å²) in [7, 11) is 3.19. The van der Waals surface area contributed by atoms with Crippen LogP contribution in [0.15, 0.2) is 63.7 Å². The molecule has 0 atom stereocenters. The summed E-state index contributed by atoms with van der Waals surface area (Å²) in [6, 6.07) is 13.8. The molecule has 7 nitrogen and oxygen atoms in total. The number of ether oxygens (including phenoxy) is 2. The Morgan fingerprint density at radius 3 is 2.53 bits per heavy atom. The van der Waals surface area contributed by atoms with Gasteiger partial charge in [-0.3, -0.25) is 9.29 Å². The van der Waals surface area contributed by atoms with Gasteiger partial charge in [0.25, 0.3) is 0 Å². The molecule has 4 aromatic rings. The topological polar surface area (TPSA) is 74.3 Å². The molecule has 0 aliphatic carbocycles. The van der Waals surface area contributed by atoms with Crippen LogP contribution in [0.2, 0.25) is 0 Å². The lowest BCUT2D eigenvalue weighted by Gasteiger charge is -2.17. The van der Waals surface area contributed by atoms with Gasteiger partial charge in [-0.05, 0) is 60.3 Å². The van der Waals surface area contributed by atoms with E-state index < -0.39 is 0 Å². The number of halogens is 2. The molecular weight excluding hydrogens is 499 g/mol. The molecule has 32 heavy (non-hydrogen) atoms. The van der Waals surface area contributed by atoms with E-state index >= 15 is 0 Å². The number of para-hydroxylation sites is 1. The number of furan rings is 1. The van der Waals surface area contributed by atoms with E-state index in [9.17, 15) is 4.39 Å². The highest BCUT2D eigenvalue weighted by molar-refractivity contribution is 9.10. The van der Waals surface area contributed by atoms with Crippen LogP contribution in [0.5, 0.6) is 11.5 Å². The molecule has 0 amide bonds. The number of hydrogen-bond acceptors (Lipinski definition) is 7. The zero-order valence-corrected chi connectivity index (χ0v) is 19.7. The maximum absolute atomic E-state index is 13.3. The third-order valence-electron chi connectivity index (χ3n) is 4.68. The first-order chi connectivity index (χ1) is 15.6. The predicted molar refractivity (Wildman–Crippen MR) is 126 cm³/mol. The highest BCUT2D eigenvalue weighted by Crippen LogP contribution is 2.38. The van der Waals surface area contributed by atoms with Crippen molar-refractivity contribution in [1.29, 1.82) is 0 Å². The van der Waals surface area contributed by atoms with Gasteiger partial charge >= 0.3 is 0 Å². The van der Waals surface area contributed by atoms with E-state index in [0.717, 1.165) is 22.2 Å². The number of methoxy groups -OCH3 is 2. The smallest absolute Gasteiger partial charge is 0.239 e. The molecule has 2 heterocycles. The maximum atomic E-state index is 13.3. The Kier molecular flexibility index (Phi) is 7.01. The molecule has 166 valence electrons. The molecule has 0 bridgehead atoms. The monoisotopic (exact) mass is 518 g/mol. The van der Waals surface area contributed by atoms with Crippen LogP contribution in [0.4, 0.5) is 10.3 Å². The zero-order valence-electron chi connectivity index (χ0n) is 17.3. The third kappa shape index (κ3) is 4.61. The molecule has 0 aliphatic heterocycles. The van der Waals surface area contributed by atoms with Crippen molar-refractivity contribution in [2.75, 3.05) is 24.7 Å². The minimum atomic E-state index is -0.268. The molecular formula is C22H20BrFN4O3S. The van der Waals surface area contributed by atoms with E-state index in [0.29, 0.717) is 34.7 Å². The Morgan fingerprint density at radius 1 is 1.09 bits per heavy atom. The van der Waals surface area contributed by atoms with E-state index in [1.807, 2.05) is 24.3 Å². The van der Waals surface area contributed by atoms with Crippen molar-refractivity contribution in [3.8, 4) is 28.8 Å². The summed E-state index contributed by atoms with van der Waals surface area (Å²) in [4.78, 5) is 0. The molecule has 0 fully saturated rings. The number of nitrogens with one attached hydrogen (secondary N) is 1. The Labute approximate surface area is 197 Å². The van der Waals surface area contributed by atoms with Crippen molar-refractivity contribution in [2.24, 2.45) is 0 Å². The van der Waals surface area contributed by atoms with E-state index in [4.69, 9.17) is 13.9 Å². The first kappa shape index (κ1) is 22.2. The van der Waals surface area contributed by atoms with Crippen molar-refractivity contribution in [1.82, 2.24) is 14.8 Å². The van der Waals surface area contributed by atoms with Crippen molar-refractivity contribution < 1.29 is 18.3 Å². The molecule has 0 spiro atoms. The molecule has 0 unspecified atom stereocenters. The summed E-state index contributed by atoms with van der Waals surface area (Å²) in [5.41, 5.74) is 1.67. The number of anilines is 1. The van der Waals surface area contributed by atoms with Gasteiger partial charge in [0.1, 0.15) is 23.0 Å². The van der Waals surface area contributed by atoms with Crippen LogP contribution in [0.25, 0.3) is 17.3 Å². The number of hydrogen-bond donors (Lipinski definition) is 1. The Hall–Kier alpha value is -2.98. The van der Waals surface area contributed by atoms with Crippen LogP contribution in [-0.4, -0.2) is 34.7 Å². The summed E-state index contributed by atoms with van der Waals surface area (Å²) in [6.45, 7) is 0. The zero-order chi connectivity index (χ0) is 22.5. The second-order valence-corrected chi connectivity index (χ2v) is 8.36. The highest BCUT2D eigenvalue weighted by atomic mass is 79.9. The lowest BCUT2D eigenvalue weighted by molar-refractivity contribution is 0.391. The summed E-state index contributed by atoms with van der Waals surface area (Å²) in [6.07, 6.45) is 2.31. The van der Waals surface area contributed by atoms with E-state index in [1.165, 1.54) is 24.1 Å². The SMILES string of the molecule is COc1cccc(OC)c1-n1c(NSCCc2ccc(F)cc2Br)nnc1-c1ccco1. The van der Waals surface area contributed by atoms with Crippen molar-refractivity contribution in [3.63, 3.8) is 0 Å². The quantitative estimate of drug-likeness (QED) is 0.223. The van der Waals surface area contributed by atoms with Crippen LogP contribution < -0.4 is 14.2 Å². The van der Waals surface area contributed by atoms with Crippen LogP contribution in [-0.2, 0) is 6.42 Å². The van der Waals surface area contributed by atoms with Gasteiger partial charge < -0.3 is 13.9 Å². The van der Waals surface area contributed by atoms with E-state index in [-0.39, 0.29) is 5.82 Å². The average Bonchev–Trinajstić information content (AvgIpc) is 3.47. The number of benzene rings is 2. The highest BCUT2D eigenvalue weighted by Gasteiger charge is 2.23. The summed E-state index contributed by atoms with van der Waals surface area (Å²) < 4.78 is 35.9. The van der Waals surface area contributed by atoms with E-state index in [1.54, 1.807) is 37.2 Å². The molecule has 2 aromatic heterocycles. The van der Waals surface area contributed by atoms with Gasteiger partial charge in [-0.2, -0.15) is 0 Å². The minimum absolute atomic E-state index is 0.268. The number of rotatable bonds is 9. The predicted octanol–water partition coefficient (Wildman–Crippen LogP) is 5.75. The standard InChI is InChI=1S/C22H20BrFN4O3S/c1-29-17-5-3-6-18(30-2)20(17)28-21(19-7-4-11-31-19)25-26-22(28)27-32-12-10-14-8-9-15(24)13-16(14)23/h3-9,11,13H,10,12H2,1-2H3,(H,26,27). The summed E-state index contributed by atoms with van der Waals surface area (Å²) in [5, 5.41) is 8.65. The Morgan fingerprint density at radius 2 is 1.88 bits per heavy atom. The van der Waals surface area contributed by atoms with Gasteiger partial charge in [0.15, 0.2) is 5.76 Å². The van der Waals surface area contributed by atoms with E-state index in [2.05, 4.69) is 30.8 Å². The molecule has 0 saturated heterocycles. The number of nitrogens with zero attached hydrogens (tertiary/aromatic N) is 3. The third-order valence-corrected chi connectivity index (χ3v) is 6.16. The number of aryl methyl sites for hydroxylation is 1.